The number of carboxylic acids is 1. The summed E-state index contributed by atoms with van der Waals surface area (Å²) in [7, 11) is 0. The number of aromatic carboxylic acids is 1. The Morgan fingerprint density at radius 1 is 1.25 bits per heavy atom. The minimum Gasteiger partial charge on any atom is -0.478 e. The second-order valence-electron chi connectivity index (χ2n) is 4.88. The van der Waals surface area contributed by atoms with E-state index in [9.17, 15) is 14.7 Å². The molecule has 2 aromatic rings. The van der Waals surface area contributed by atoms with Crippen LogP contribution in [0, 0.1) is 6.92 Å². The van der Waals surface area contributed by atoms with Crippen LogP contribution in [-0.2, 0) is 11.2 Å². The Bertz CT molecular complexity index is 734. The average Bonchev–Trinajstić information content (AvgIpc) is 2.77. The number of benzene rings is 2. The van der Waals surface area contributed by atoms with Crippen molar-refractivity contribution < 1.29 is 14.7 Å². The van der Waals surface area contributed by atoms with Gasteiger partial charge in [0, 0.05) is 5.69 Å². The number of carbonyl (C=O) groups is 2. The third kappa shape index (κ3) is 1.95. The van der Waals surface area contributed by atoms with E-state index in [-0.39, 0.29) is 5.91 Å². The number of anilines is 1. The standard InChI is InChI=1S/C16H13NO3/c1-9-12(3-2-4-13(9)16(19)20)10-5-6-14-11(7-10)8-15(18)17-14/h2-7H,8H2,1H3,(H,17,18)(H,19,20). The van der Waals surface area contributed by atoms with E-state index in [0.29, 0.717) is 12.0 Å². The van der Waals surface area contributed by atoms with Crippen LogP contribution in [0.5, 0.6) is 0 Å². The highest BCUT2D eigenvalue weighted by Crippen LogP contribution is 2.31. The van der Waals surface area contributed by atoms with E-state index in [1.807, 2.05) is 24.3 Å². The number of hydrogen-bond donors (Lipinski definition) is 2. The van der Waals surface area contributed by atoms with Gasteiger partial charge in [-0.2, -0.15) is 0 Å². The van der Waals surface area contributed by atoms with Crippen molar-refractivity contribution in [1.29, 1.82) is 0 Å². The molecule has 1 amide bonds. The fraction of sp³-hybridized carbons (Fsp3) is 0.125. The summed E-state index contributed by atoms with van der Waals surface area (Å²) in [6, 6.07) is 10.9. The number of carbonyl (C=O) groups excluding carboxylic acids is 1. The highest BCUT2D eigenvalue weighted by Gasteiger charge is 2.18. The predicted octanol–water partition coefficient (Wildman–Crippen LogP) is 2.85. The second-order valence-corrected chi connectivity index (χ2v) is 4.88. The molecule has 100 valence electrons. The minimum atomic E-state index is -0.928. The van der Waals surface area contributed by atoms with Gasteiger partial charge in [0.25, 0.3) is 0 Å². The molecule has 0 unspecified atom stereocenters. The molecule has 0 atom stereocenters. The Morgan fingerprint density at radius 2 is 2.05 bits per heavy atom. The second kappa shape index (κ2) is 4.49. The first kappa shape index (κ1) is 12.4. The largest absolute Gasteiger partial charge is 0.478 e. The van der Waals surface area contributed by atoms with Crippen molar-refractivity contribution in [2.45, 2.75) is 13.3 Å². The van der Waals surface area contributed by atoms with Crippen molar-refractivity contribution >= 4 is 17.6 Å². The molecule has 0 spiro atoms. The molecule has 0 bridgehead atoms. The first-order chi connectivity index (χ1) is 9.56. The Balaban J connectivity index is 2.11. The van der Waals surface area contributed by atoms with Crippen LogP contribution in [0.2, 0.25) is 0 Å². The molecule has 4 nitrogen and oxygen atoms in total. The highest BCUT2D eigenvalue weighted by molar-refractivity contribution is 6.00. The van der Waals surface area contributed by atoms with E-state index >= 15 is 0 Å². The molecule has 0 radical (unpaired) electrons. The quantitative estimate of drug-likeness (QED) is 0.879. The number of fused-ring (bicyclic) bond motifs is 1. The SMILES string of the molecule is Cc1c(C(=O)O)cccc1-c1ccc2c(c1)CC(=O)N2. The van der Waals surface area contributed by atoms with E-state index in [1.54, 1.807) is 19.1 Å². The van der Waals surface area contributed by atoms with Gasteiger partial charge >= 0.3 is 5.97 Å². The number of carboxylic acid groups (broad SMARTS) is 1. The Labute approximate surface area is 116 Å². The van der Waals surface area contributed by atoms with Gasteiger partial charge in [-0.25, -0.2) is 4.79 Å². The smallest absolute Gasteiger partial charge is 0.335 e. The number of rotatable bonds is 2. The summed E-state index contributed by atoms with van der Waals surface area (Å²) in [6.07, 6.45) is 0.376. The minimum absolute atomic E-state index is 0.00633. The maximum absolute atomic E-state index is 11.4. The summed E-state index contributed by atoms with van der Waals surface area (Å²) in [6.45, 7) is 1.80. The zero-order valence-electron chi connectivity index (χ0n) is 10.9. The fourth-order valence-electron chi connectivity index (χ4n) is 2.58. The van der Waals surface area contributed by atoms with E-state index in [2.05, 4.69) is 5.32 Å². The van der Waals surface area contributed by atoms with Gasteiger partial charge in [0.2, 0.25) is 5.91 Å². The summed E-state index contributed by atoms with van der Waals surface area (Å²) in [5, 5.41) is 12.0. The molecular weight excluding hydrogens is 254 g/mol. The van der Waals surface area contributed by atoms with E-state index in [0.717, 1.165) is 27.9 Å². The first-order valence-corrected chi connectivity index (χ1v) is 6.32. The zero-order valence-corrected chi connectivity index (χ0v) is 10.9. The summed E-state index contributed by atoms with van der Waals surface area (Å²) in [5.41, 5.74) is 4.64. The van der Waals surface area contributed by atoms with Gasteiger partial charge in [-0.05, 0) is 47.4 Å². The molecule has 0 saturated carbocycles. The molecule has 3 rings (SSSR count). The van der Waals surface area contributed by atoms with E-state index < -0.39 is 5.97 Å². The Kier molecular flexibility index (Phi) is 2.79. The number of amides is 1. The van der Waals surface area contributed by atoms with E-state index in [4.69, 9.17) is 0 Å². The predicted molar refractivity (Wildman–Crippen MR) is 75.9 cm³/mol. The van der Waals surface area contributed by atoms with Gasteiger partial charge in [-0.1, -0.05) is 18.2 Å². The Hall–Kier alpha value is -2.62. The lowest BCUT2D eigenvalue weighted by atomic mass is 9.95. The molecule has 0 saturated heterocycles. The molecule has 20 heavy (non-hydrogen) atoms. The molecule has 2 N–H and O–H groups in total. The van der Waals surface area contributed by atoms with Crippen LogP contribution in [0.4, 0.5) is 5.69 Å². The molecule has 0 aromatic heterocycles. The summed E-state index contributed by atoms with van der Waals surface area (Å²) < 4.78 is 0. The third-order valence-corrected chi connectivity index (χ3v) is 3.61. The molecule has 0 aliphatic carbocycles. The lowest BCUT2D eigenvalue weighted by Gasteiger charge is -2.10. The third-order valence-electron chi connectivity index (χ3n) is 3.61. The molecular formula is C16H13NO3. The van der Waals surface area contributed by atoms with Crippen molar-refractivity contribution in [2.75, 3.05) is 5.32 Å². The van der Waals surface area contributed by atoms with Crippen molar-refractivity contribution in [2.24, 2.45) is 0 Å². The maximum atomic E-state index is 11.4. The van der Waals surface area contributed by atoms with Gasteiger partial charge in [0.15, 0.2) is 0 Å². The van der Waals surface area contributed by atoms with Crippen molar-refractivity contribution in [3.05, 3.63) is 53.1 Å². The fourth-order valence-corrected chi connectivity index (χ4v) is 2.58. The average molecular weight is 267 g/mol. The van der Waals surface area contributed by atoms with Gasteiger partial charge in [-0.15, -0.1) is 0 Å². The van der Waals surface area contributed by atoms with Crippen LogP contribution < -0.4 is 5.32 Å². The molecule has 1 aliphatic rings. The lowest BCUT2D eigenvalue weighted by Crippen LogP contribution is -2.03. The van der Waals surface area contributed by atoms with Crippen LogP contribution >= 0.6 is 0 Å². The van der Waals surface area contributed by atoms with Crippen molar-refractivity contribution in [1.82, 2.24) is 0 Å². The van der Waals surface area contributed by atoms with Gasteiger partial charge in [0.1, 0.15) is 0 Å². The van der Waals surface area contributed by atoms with Gasteiger partial charge in [-0.3, -0.25) is 4.79 Å². The van der Waals surface area contributed by atoms with Gasteiger partial charge < -0.3 is 10.4 Å². The van der Waals surface area contributed by atoms with Crippen LogP contribution in [0.15, 0.2) is 36.4 Å². The summed E-state index contributed by atoms with van der Waals surface area (Å²) in [5.74, 6) is -0.935. The van der Waals surface area contributed by atoms with Crippen LogP contribution in [0.3, 0.4) is 0 Å². The molecule has 4 heteroatoms. The highest BCUT2D eigenvalue weighted by atomic mass is 16.4. The molecule has 0 fully saturated rings. The Morgan fingerprint density at radius 3 is 2.80 bits per heavy atom. The van der Waals surface area contributed by atoms with Crippen LogP contribution in [-0.4, -0.2) is 17.0 Å². The maximum Gasteiger partial charge on any atom is 0.335 e. The van der Waals surface area contributed by atoms with Crippen molar-refractivity contribution in [3.8, 4) is 11.1 Å². The summed E-state index contributed by atoms with van der Waals surface area (Å²) in [4.78, 5) is 22.6. The molecule has 1 aliphatic heterocycles. The normalized spacial score (nSPS) is 12.9. The summed E-state index contributed by atoms with van der Waals surface area (Å²) >= 11 is 0. The first-order valence-electron chi connectivity index (χ1n) is 6.32. The van der Waals surface area contributed by atoms with Crippen molar-refractivity contribution in [3.63, 3.8) is 0 Å². The zero-order chi connectivity index (χ0) is 14.3. The molecule has 1 heterocycles. The lowest BCUT2D eigenvalue weighted by molar-refractivity contribution is -0.115. The van der Waals surface area contributed by atoms with E-state index in [1.165, 1.54) is 0 Å². The van der Waals surface area contributed by atoms with Crippen LogP contribution in [0.1, 0.15) is 21.5 Å². The molecule has 2 aromatic carbocycles. The monoisotopic (exact) mass is 267 g/mol. The topological polar surface area (TPSA) is 66.4 Å². The number of hydrogen-bond acceptors (Lipinski definition) is 2. The number of nitrogens with one attached hydrogen (secondary N) is 1. The van der Waals surface area contributed by atoms with Crippen LogP contribution in [0.25, 0.3) is 11.1 Å². The van der Waals surface area contributed by atoms with Gasteiger partial charge in [0.05, 0.1) is 12.0 Å².